The lowest BCUT2D eigenvalue weighted by Gasteiger charge is -2.17. The van der Waals surface area contributed by atoms with E-state index in [0.717, 1.165) is 11.6 Å². The minimum Gasteiger partial charge on any atom is -0.207 e. The number of benzene rings is 2. The minimum atomic E-state index is -3.82. The molecular formula is C15H15BrFNO2S. The van der Waals surface area contributed by atoms with Crippen LogP contribution in [0.15, 0.2) is 57.9 Å². The van der Waals surface area contributed by atoms with E-state index in [1.165, 1.54) is 23.5 Å². The highest BCUT2D eigenvalue weighted by molar-refractivity contribution is 9.10. The summed E-state index contributed by atoms with van der Waals surface area (Å²) in [7, 11) is -2.36. The number of rotatable bonds is 5. The van der Waals surface area contributed by atoms with Gasteiger partial charge in [-0.15, -0.1) is 0 Å². The van der Waals surface area contributed by atoms with Gasteiger partial charge in [0, 0.05) is 18.1 Å². The molecule has 0 N–H and O–H groups in total. The summed E-state index contributed by atoms with van der Waals surface area (Å²) < 4.78 is 40.2. The van der Waals surface area contributed by atoms with Crippen LogP contribution in [0.3, 0.4) is 0 Å². The van der Waals surface area contributed by atoms with Crippen LogP contribution in [0.4, 0.5) is 4.39 Å². The van der Waals surface area contributed by atoms with Crippen molar-refractivity contribution in [2.45, 2.75) is 11.3 Å². The van der Waals surface area contributed by atoms with Gasteiger partial charge in [-0.1, -0.05) is 46.3 Å². The fourth-order valence-corrected chi connectivity index (χ4v) is 3.45. The number of hydrogen-bond acceptors (Lipinski definition) is 2. The predicted molar refractivity (Wildman–Crippen MR) is 84.1 cm³/mol. The maximum absolute atomic E-state index is 13.8. The van der Waals surface area contributed by atoms with Gasteiger partial charge in [0.05, 0.1) is 0 Å². The van der Waals surface area contributed by atoms with Crippen LogP contribution in [0.25, 0.3) is 0 Å². The normalized spacial score (nSPS) is 11.8. The Balaban J connectivity index is 2.15. The molecule has 0 saturated heterocycles. The first-order valence-corrected chi connectivity index (χ1v) is 8.60. The van der Waals surface area contributed by atoms with E-state index in [-0.39, 0.29) is 4.90 Å². The molecule has 2 aromatic rings. The summed E-state index contributed by atoms with van der Waals surface area (Å²) in [6.45, 7) is 0.294. The van der Waals surface area contributed by atoms with Gasteiger partial charge >= 0.3 is 0 Å². The first kappa shape index (κ1) is 16.1. The Hall–Kier alpha value is -1.24. The molecule has 0 aliphatic heterocycles. The third kappa shape index (κ3) is 3.90. The van der Waals surface area contributed by atoms with Gasteiger partial charge in [0.15, 0.2) is 0 Å². The Morgan fingerprint density at radius 2 is 1.81 bits per heavy atom. The Morgan fingerprint density at radius 3 is 2.43 bits per heavy atom. The Morgan fingerprint density at radius 1 is 1.14 bits per heavy atom. The number of likely N-dealkylation sites (N-methyl/N-ethyl adjacent to an activating group) is 1. The van der Waals surface area contributed by atoms with E-state index in [0.29, 0.717) is 17.4 Å². The molecule has 0 fully saturated rings. The fraction of sp³-hybridized carbons (Fsp3) is 0.200. The molecule has 2 rings (SSSR count). The molecule has 0 aromatic heterocycles. The average molecular weight is 372 g/mol. The van der Waals surface area contributed by atoms with E-state index in [4.69, 9.17) is 0 Å². The van der Waals surface area contributed by atoms with Crippen LogP contribution in [-0.4, -0.2) is 26.3 Å². The minimum absolute atomic E-state index is 0.294. The predicted octanol–water partition coefficient (Wildman–Crippen LogP) is 3.45. The first-order valence-electron chi connectivity index (χ1n) is 6.36. The van der Waals surface area contributed by atoms with Gasteiger partial charge in [-0.05, 0) is 30.2 Å². The molecule has 0 aliphatic rings. The second-order valence-corrected chi connectivity index (χ2v) is 7.57. The molecule has 0 atom stereocenters. The summed E-state index contributed by atoms with van der Waals surface area (Å²) in [5.41, 5.74) is 1.04. The number of nitrogens with zero attached hydrogens (tertiary/aromatic N) is 1. The maximum Gasteiger partial charge on any atom is 0.245 e. The van der Waals surface area contributed by atoms with Crippen molar-refractivity contribution >= 4 is 26.0 Å². The zero-order chi connectivity index (χ0) is 15.5. The molecule has 21 heavy (non-hydrogen) atoms. The molecule has 0 heterocycles. The Labute approximate surface area is 132 Å². The lowest BCUT2D eigenvalue weighted by Crippen LogP contribution is -2.29. The highest BCUT2D eigenvalue weighted by Crippen LogP contribution is 2.22. The van der Waals surface area contributed by atoms with Crippen molar-refractivity contribution in [1.29, 1.82) is 0 Å². The van der Waals surface area contributed by atoms with Gasteiger partial charge in [0.25, 0.3) is 0 Å². The average Bonchev–Trinajstić information content (AvgIpc) is 2.45. The third-order valence-electron chi connectivity index (χ3n) is 3.14. The van der Waals surface area contributed by atoms with Crippen molar-refractivity contribution in [1.82, 2.24) is 4.31 Å². The lowest BCUT2D eigenvalue weighted by molar-refractivity contribution is 0.465. The largest absolute Gasteiger partial charge is 0.245 e. The van der Waals surface area contributed by atoms with Gasteiger partial charge in [-0.3, -0.25) is 0 Å². The van der Waals surface area contributed by atoms with Gasteiger partial charge in [-0.2, -0.15) is 0 Å². The fourth-order valence-electron chi connectivity index (χ4n) is 1.90. The third-order valence-corrected chi connectivity index (χ3v) is 5.52. The summed E-state index contributed by atoms with van der Waals surface area (Å²) in [5.74, 6) is -0.754. The topological polar surface area (TPSA) is 37.4 Å². The van der Waals surface area contributed by atoms with E-state index in [1.807, 2.05) is 30.3 Å². The molecule has 0 spiro atoms. The summed E-state index contributed by atoms with van der Waals surface area (Å²) in [4.78, 5) is -0.304. The molecule has 0 radical (unpaired) electrons. The lowest BCUT2D eigenvalue weighted by atomic mass is 10.2. The van der Waals surface area contributed by atoms with Gasteiger partial charge in [-0.25, -0.2) is 17.1 Å². The van der Waals surface area contributed by atoms with Crippen molar-refractivity contribution in [3.05, 3.63) is 64.4 Å². The molecule has 0 saturated carbocycles. The van der Waals surface area contributed by atoms with Crippen LogP contribution >= 0.6 is 15.9 Å². The van der Waals surface area contributed by atoms with Crippen molar-refractivity contribution in [2.75, 3.05) is 13.6 Å². The van der Waals surface area contributed by atoms with Crippen molar-refractivity contribution < 1.29 is 12.8 Å². The number of halogens is 2. The molecular weight excluding hydrogens is 357 g/mol. The number of sulfonamides is 1. The Kier molecular flexibility index (Phi) is 5.13. The monoisotopic (exact) mass is 371 g/mol. The first-order chi connectivity index (χ1) is 9.91. The van der Waals surface area contributed by atoms with Gasteiger partial charge in [0.1, 0.15) is 10.7 Å². The molecule has 112 valence electrons. The standard InChI is InChI=1S/C15H15BrFNO2S/c1-18(10-9-12-5-3-2-4-6-12)21(19,20)15-8-7-13(16)11-14(15)17/h2-8,11H,9-10H2,1H3. The summed E-state index contributed by atoms with van der Waals surface area (Å²) in [6.07, 6.45) is 0.578. The molecule has 0 unspecified atom stereocenters. The second-order valence-electron chi connectivity index (χ2n) is 4.64. The quantitative estimate of drug-likeness (QED) is 0.806. The molecule has 2 aromatic carbocycles. The number of hydrogen-bond donors (Lipinski definition) is 0. The highest BCUT2D eigenvalue weighted by atomic mass is 79.9. The molecule has 0 aliphatic carbocycles. The van der Waals surface area contributed by atoms with Crippen LogP contribution in [0.2, 0.25) is 0 Å². The second kappa shape index (κ2) is 6.68. The van der Waals surface area contributed by atoms with Crippen LogP contribution in [0.5, 0.6) is 0 Å². The van der Waals surface area contributed by atoms with Crippen LogP contribution in [0, 0.1) is 5.82 Å². The summed E-state index contributed by atoms with van der Waals surface area (Å²) in [5, 5.41) is 0. The summed E-state index contributed by atoms with van der Waals surface area (Å²) >= 11 is 3.11. The van der Waals surface area contributed by atoms with E-state index < -0.39 is 15.8 Å². The summed E-state index contributed by atoms with van der Waals surface area (Å²) in [6, 6.07) is 13.5. The van der Waals surface area contributed by atoms with E-state index >= 15 is 0 Å². The van der Waals surface area contributed by atoms with E-state index in [2.05, 4.69) is 15.9 Å². The maximum atomic E-state index is 13.8. The molecule has 6 heteroatoms. The van der Waals surface area contributed by atoms with E-state index in [1.54, 1.807) is 0 Å². The zero-order valence-electron chi connectivity index (χ0n) is 11.5. The van der Waals surface area contributed by atoms with Crippen LogP contribution in [0.1, 0.15) is 5.56 Å². The van der Waals surface area contributed by atoms with E-state index in [9.17, 15) is 12.8 Å². The molecule has 0 amide bonds. The smallest absolute Gasteiger partial charge is 0.207 e. The van der Waals surface area contributed by atoms with Crippen LogP contribution in [-0.2, 0) is 16.4 Å². The Bertz CT molecular complexity index is 720. The van der Waals surface area contributed by atoms with Gasteiger partial charge < -0.3 is 0 Å². The molecule has 3 nitrogen and oxygen atoms in total. The highest BCUT2D eigenvalue weighted by Gasteiger charge is 2.24. The van der Waals surface area contributed by atoms with Crippen molar-refractivity contribution in [3.63, 3.8) is 0 Å². The van der Waals surface area contributed by atoms with Crippen LogP contribution < -0.4 is 0 Å². The van der Waals surface area contributed by atoms with Crippen molar-refractivity contribution in [3.8, 4) is 0 Å². The zero-order valence-corrected chi connectivity index (χ0v) is 13.9. The van der Waals surface area contributed by atoms with Gasteiger partial charge in [0.2, 0.25) is 10.0 Å². The molecule has 0 bridgehead atoms. The van der Waals surface area contributed by atoms with Crippen molar-refractivity contribution in [2.24, 2.45) is 0 Å². The SMILES string of the molecule is CN(CCc1ccccc1)S(=O)(=O)c1ccc(Br)cc1F.